The van der Waals surface area contributed by atoms with Crippen LogP contribution in [-0.4, -0.2) is 73.2 Å². The van der Waals surface area contributed by atoms with Gasteiger partial charge in [-0.05, 0) is 6.92 Å². The Hall–Kier alpha value is -1.67. The summed E-state index contributed by atoms with van der Waals surface area (Å²) in [6.07, 6.45) is 0. The molecule has 1 aliphatic heterocycles. The zero-order valence-corrected chi connectivity index (χ0v) is 11.0. The molecule has 0 saturated carbocycles. The number of piperazine rings is 1. The van der Waals surface area contributed by atoms with E-state index in [0.717, 1.165) is 0 Å². The lowest BCUT2D eigenvalue weighted by molar-refractivity contribution is -0.148. The van der Waals surface area contributed by atoms with Crippen molar-refractivity contribution >= 4 is 17.8 Å². The normalized spacial score (nSPS) is 21.6. The van der Waals surface area contributed by atoms with Crippen LogP contribution in [-0.2, 0) is 19.1 Å². The average Bonchev–Trinajstić information content (AvgIpc) is 2.37. The van der Waals surface area contributed by atoms with Crippen LogP contribution in [0, 0.1) is 0 Å². The van der Waals surface area contributed by atoms with Gasteiger partial charge in [-0.15, -0.1) is 0 Å². The van der Waals surface area contributed by atoms with E-state index in [1.54, 1.807) is 6.92 Å². The molecule has 0 spiro atoms. The zero-order chi connectivity index (χ0) is 14.4. The lowest BCUT2D eigenvalue weighted by atomic mass is 10.1. The molecule has 0 radical (unpaired) electrons. The fourth-order valence-electron chi connectivity index (χ4n) is 1.87. The van der Waals surface area contributed by atoms with Crippen LogP contribution in [0.15, 0.2) is 0 Å². The zero-order valence-electron chi connectivity index (χ0n) is 11.0. The quantitative estimate of drug-likeness (QED) is 0.484. The van der Waals surface area contributed by atoms with Crippen LogP contribution in [0.4, 0.5) is 0 Å². The molecule has 0 bridgehead atoms. The highest BCUT2D eigenvalue weighted by atomic mass is 16.5. The molecule has 3 N–H and O–H groups in total. The average molecular weight is 273 g/mol. The van der Waals surface area contributed by atoms with Gasteiger partial charge in [-0.1, -0.05) is 0 Å². The number of hydrogen-bond acceptors (Lipinski definition) is 5. The van der Waals surface area contributed by atoms with E-state index < -0.39 is 18.1 Å². The van der Waals surface area contributed by atoms with Gasteiger partial charge in [0.05, 0.1) is 19.2 Å². The van der Waals surface area contributed by atoms with E-state index in [-0.39, 0.29) is 24.9 Å². The fraction of sp³-hybridized carbons (Fsp3) is 0.727. The Morgan fingerprint density at radius 1 is 1.63 bits per heavy atom. The minimum Gasteiger partial charge on any atom is -0.480 e. The van der Waals surface area contributed by atoms with E-state index in [4.69, 9.17) is 9.84 Å². The number of carboxylic acid groups (broad SMARTS) is 1. The van der Waals surface area contributed by atoms with Crippen molar-refractivity contribution in [2.24, 2.45) is 0 Å². The summed E-state index contributed by atoms with van der Waals surface area (Å²) >= 11 is 0. The minimum absolute atomic E-state index is 0.00383. The number of rotatable bonds is 6. The monoisotopic (exact) mass is 273 g/mol. The van der Waals surface area contributed by atoms with Crippen molar-refractivity contribution in [3.63, 3.8) is 0 Å². The van der Waals surface area contributed by atoms with Gasteiger partial charge in [0, 0.05) is 20.2 Å². The molecule has 2 atom stereocenters. The molecule has 108 valence electrons. The van der Waals surface area contributed by atoms with Crippen molar-refractivity contribution in [1.82, 2.24) is 15.5 Å². The second-order valence-corrected chi connectivity index (χ2v) is 4.29. The van der Waals surface area contributed by atoms with Crippen LogP contribution in [0.25, 0.3) is 0 Å². The third kappa shape index (κ3) is 4.18. The number of carbonyl (C=O) groups excluding carboxylic acids is 2. The summed E-state index contributed by atoms with van der Waals surface area (Å²) in [5.74, 6) is -1.66. The number of nitrogens with one attached hydrogen (secondary N) is 2. The topological polar surface area (TPSA) is 108 Å². The Labute approximate surface area is 111 Å². The molecule has 8 heteroatoms. The highest BCUT2D eigenvalue weighted by Crippen LogP contribution is 2.09. The predicted octanol–water partition coefficient (Wildman–Crippen LogP) is -1.98. The van der Waals surface area contributed by atoms with Crippen molar-refractivity contribution in [1.29, 1.82) is 0 Å². The van der Waals surface area contributed by atoms with Gasteiger partial charge in [-0.25, -0.2) is 0 Å². The molecule has 2 unspecified atom stereocenters. The van der Waals surface area contributed by atoms with Crippen LogP contribution >= 0.6 is 0 Å². The summed E-state index contributed by atoms with van der Waals surface area (Å²) in [7, 11) is 1.52. The first-order valence-electron chi connectivity index (χ1n) is 5.99. The van der Waals surface area contributed by atoms with Gasteiger partial charge in [0.15, 0.2) is 0 Å². The third-order valence-corrected chi connectivity index (χ3v) is 2.99. The second-order valence-electron chi connectivity index (χ2n) is 4.29. The third-order valence-electron chi connectivity index (χ3n) is 2.99. The van der Waals surface area contributed by atoms with Gasteiger partial charge < -0.3 is 20.5 Å². The maximum absolute atomic E-state index is 11.9. The summed E-state index contributed by atoms with van der Waals surface area (Å²) in [6, 6.07) is -1.58. The van der Waals surface area contributed by atoms with E-state index >= 15 is 0 Å². The van der Waals surface area contributed by atoms with Crippen LogP contribution in [0.1, 0.15) is 6.92 Å². The maximum Gasteiger partial charge on any atom is 0.322 e. The molecule has 1 heterocycles. The molecule has 0 aromatic heterocycles. The molecule has 0 aromatic carbocycles. The summed E-state index contributed by atoms with van der Waals surface area (Å²) in [4.78, 5) is 35.7. The predicted molar refractivity (Wildman–Crippen MR) is 65.5 cm³/mol. The molecular weight excluding hydrogens is 254 g/mol. The van der Waals surface area contributed by atoms with Crippen molar-refractivity contribution in [2.75, 3.05) is 33.4 Å². The summed E-state index contributed by atoms with van der Waals surface area (Å²) in [5, 5.41) is 14.2. The first-order chi connectivity index (χ1) is 8.97. The van der Waals surface area contributed by atoms with Crippen LogP contribution < -0.4 is 10.6 Å². The Balaban J connectivity index is 2.64. The fourth-order valence-corrected chi connectivity index (χ4v) is 1.87. The Bertz CT molecular complexity index is 360. The lowest BCUT2D eigenvalue weighted by Gasteiger charge is -2.36. The Morgan fingerprint density at radius 3 is 2.89 bits per heavy atom. The number of methoxy groups -OCH3 is 1. The summed E-state index contributed by atoms with van der Waals surface area (Å²) in [6.45, 7) is 2.20. The van der Waals surface area contributed by atoms with Gasteiger partial charge in [0.1, 0.15) is 6.04 Å². The number of hydrogen-bond donors (Lipinski definition) is 3. The lowest BCUT2D eigenvalue weighted by Crippen LogP contribution is -2.62. The number of carbonyl (C=O) groups is 3. The number of ether oxygens (including phenoxy) is 1. The molecule has 1 aliphatic rings. The van der Waals surface area contributed by atoms with E-state index in [1.807, 2.05) is 0 Å². The maximum atomic E-state index is 11.9. The molecule has 19 heavy (non-hydrogen) atoms. The standard InChI is InChI=1S/C11H19N3O5/c1-7(10(16)12-3-4-19-2)14-6-9(15)13-5-8(14)11(17)18/h7-8H,3-6H2,1-2H3,(H,12,16)(H,13,15)(H,17,18). The SMILES string of the molecule is COCCNC(=O)C(C)N1CC(=O)NCC1C(=O)O. The van der Waals surface area contributed by atoms with Gasteiger partial charge >= 0.3 is 5.97 Å². The van der Waals surface area contributed by atoms with Crippen LogP contribution in [0.2, 0.25) is 0 Å². The van der Waals surface area contributed by atoms with Crippen molar-refractivity contribution < 1.29 is 24.2 Å². The van der Waals surface area contributed by atoms with Crippen molar-refractivity contribution in [3.8, 4) is 0 Å². The molecule has 0 aliphatic carbocycles. The van der Waals surface area contributed by atoms with Crippen LogP contribution in [0.3, 0.4) is 0 Å². The van der Waals surface area contributed by atoms with E-state index in [2.05, 4.69) is 10.6 Å². The van der Waals surface area contributed by atoms with Gasteiger partial charge in [0.2, 0.25) is 11.8 Å². The molecule has 0 aromatic rings. The Morgan fingerprint density at radius 2 is 2.32 bits per heavy atom. The number of nitrogens with zero attached hydrogens (tertiary/aromatic N) is 1. The van der Waals surface area contributed by atoms with Gasteiger partial charge in [-0.3, -0.25) is 19.3 Å². The van der Waals surface area contributed by atoms with Crippen LogP contribution in [0.5, 0.6) is 0 Å². The number of carboxylic acids is 1. The van der Waals surface area contributed by atoms with E-state index in [9.17, 15) is 14.4 Å². The largest absolute Gasteiger partial charge is 0.480 e. The summed E-state index contributed by atoms with van der Waals surface area (Å²) < 4.78 is 4.81. The van der Waals surface area contributed by atoms with E-state index in [0.29, 0.717) is 13.2 Å². The summed E-state index contributed by atoms with van der Waals surface area (Å²) in [5.41, 5.74) is 0. The van der Waals surface area contributed by atoms with Gasteiger partial charge in [-0.2, -0.15) is 0 Å². The van der Waals surface area contributed by atoms with Gasteiger partial charge in [0.25, 0.3) is 0 Å². The molecule has 8 nitrogen and oxygen atoms in total. The minimum atomic E-state index is -1.06. The highest BCUT2D eigenvalue weighted by molar-refractivity contribution is 5.87. The highest BCUT2D eigenvalue weighted by Gasteiger charge is 2.37. The molecule has 1 rings (SSSR count). The molecule has 1 fully saturated rings. The Kier molecular flexibility index (Phi) is 5.71. The second kappa shape index (κ2) is 7.05. The molecule has 2 amide bonds. The number of aliphatic carboxylic acids is 1. The first kappa shape index (κ1) is 15.4. The first-order valence-corrected chi connectivity index (χ1v) is 5.99. The molecular formula is C11H19N3O5. The van der Waals surface area contributed by atoms with Crippen molar-refractivity contribution in [3.05, 3.63) is 0 Å². The molecule has 1 saturated heterocycles. The van der Waals surface area contributed by atoms with Crippen molar-refractivity contribution in [2.45, 2.75) is 19.0 Å². The smallest absolute Gasteiger partial charge is 0.322 e. The number of amides is 2. The van der Waals surface area contributed by atoms with E-state index in [1.165, 1.54) is 12.0 Å².